The summed E-state index contributed by atoms with van der Waals surface area (Å²) in [6.45, 7) is -0.444. The molecule has 0 spiro atoms. The van der Waals surface area contributed by atoms with Crippen molar-refractivity contribution in [1.82, 2.24) is 0 Å². The summed E-state index contributed by atoms with van der Waals surface area (Å²) in [5, 5.41) is 39.5. The van der Waals surface area contributed by atoms with Crippen LogP contribution in [0.3, 0.4) is 0 Å². The lowest BCUT2D eigenvalue weighted by Crippen LogP contribution is -2.59. The number of hydrogen-bond acceptors (Lipinski definition) is 8. The molecule has 9 nitrogen and oxygen atoms in total. The van der Waals surface area contributed by atoms with E-state index in [2.05, 4.69) is 0 Å². The quantitative estimate of drug-likeness (QED) is 0.273. The van der Waals surface area contributed by atoms with Crippen molar-refractivity contribution in [3.8, 4) is 11.5 Å². The van der Waals surface area contributed by atoms with Gasteiger partial charge in [0.1, 0.15) is 60.3 Å². The molecule has 0 radical (unpaired) electrons. The summed E-state index contributed by atoms with van der Waals surface area (Å²) >= 11 is 0. The van der Waals surface area contributed by atoms with Gasteiger partial charge in [0, 0.05) is 5.69 Å². The Morgan fingerprint density at radius 3 is 1.95 bits per heavy atom. The van der Waals surface area contributed by atoms with Gasteiger partial charge >= 0.3 is 0 Å². The molecule has 218 valence electrons. The van der Waals surface area contributed by atoms with Crippen molar-refractivity contribution >= 4 is 11.6 Å². The van der Waals surface area contributed by atoms with E-state index in [0.717, 1.165) is 5.56 Å². The van der Waals surface area contributed by atoms with E-state index < -0.39 is 48.9 Å². The molecule has 3 aromatic carbocycles. The zero-order valence-corrected chi connectivity index (χ0v) is 21.9. The lowest BCUT2D eigenvalue weighted by Gasteiger charge is -2.47. The molecule has 41 heavy (non-hydrogen) atoms. The molecule has 2 saturated heterocycles. The van der Waals surface area contributed by atoms with Crippen LogP contribution in [0, 0.1) is 17.6 Å². The molecule has 2 fully saturated rings. The summed E-state index contributed by atoms with van der Waals surface area (Å²) < 4.78 is 43.7. The summed E-state index contributed by atoms with van der Waals surface area (Å²) in [5.74, 6) is -0.411. The fourth-order valence-electron chi connectivity index (χ4n) is 5.19. The van der Waals surface area contributed by atoms with Gasteiger partial charge in [0.15, 0.2) is 0 Å². The highest BCUT2D eigenvalue weighted by Crippen LogP contribution is 2.45. The fourth-order valence-corrected chi connectivity index (χ4v) is 5.19. The molecule has 3 aromatic rings. The van der Waals surface area contributed by atoms with E-state index in [1.54, 1.807) is 41.3 Å². The Hall–Kier alpha value is -3.61. The van der Waals surface area contributed by atoms with Gasteiger partial charge in [0.25, 0.3) is 0 Å². The van der Waals surface area contributed by atoms with E-state index in [-0.39, 0.29) is 31.0 Å². The first-order valence-electron chi connectivity index (χ1n) is 13.3. The number of hydrogen-bond donors (Lipinski definition) is 4. The van der Waals surface area contributed by atoms with E-state index >= 15 is 0 Å². The molecule has 0 aromatic heterocycles. The van der Waals surface area contributed by atoms with E-state index in [1.165, 1.54) is 36.4 Å². The van der Waals surface area contributed by atoms with E-state index in [0.29, 0.717) is 23.6 Å². The number of carbonyl (C=O) groups is 1. The van der Waals surface area contributed by atoms with Gasteiger partial charge in [-0.3, -0.25) is 4.79 Å². The normalized spacial score (nSPS) is 27.8. The first-order chi connectivity index (χ1) is 19.8. The highest BCUT2D eigenvalue weighted by molar-refractivity contribution is 6.03. The van der Waals surface area contributed by atoms with Crippen molar-refractivity contribution in [1.29, 1.82) is 0 Å². The number of benzene rings is 3. The van der Waals surface area contributed by atoms with Crippen LogP contribution in [0.1, 0.15) is 18.0 Å². The number of halogens is 2. The Morgan fingerprint density at radius 1 is 0.756 bits per heavy atom. The molecule has 7 atom stereocenters. The third-order valence-electron chi connectivity index (χ3n) is 7.46. The Balaban J connectivity index is 1.27. The van der Waals surface area contributed by atoms with Gasteiger partial charge in [-0.05, 0) is 72.6 Å². The molecule has 0 aliphatic carbocycles. The number of anilines is 1. The topological polar surface area (TPSA) is 129 Å². The average molecular weight is 572 g/mol. The third kappa shape index (κ3) is 6.19. The third-order valence-corrected chi connectivity index (χ3v) is 7.46. The summed E-state index contributed by atoms with van der Waals surface area (Å²) in [5.41, 5.74) is 1.36. The highest BCUT2D eigenvalue weighted by atomic mass is 19.1. The molecule has 2 heterocycles. The molecular weight excluding hydrogens is 540 g/mol. The van der Waals surface area contributed by atoms with Gasteiger partial charge in [-0.1, -0.05) is 12.1 Å². The first-order valence-corrected chi connectivity index (χ1v) is 13.3. The smallest absolute Gasteiger partial charge is 0.233 e. The van der Waals surface area contributed by atoms with Crippen molar-refractivity contribution < 1.29 is 48.2 Å². The minimum Gasteiger partial charge on any atom is -0.494 e. The minimum absolute atomic E-state index is 0.132. The molecule has 0 saturated carbocycles. The Kier molecular flexibility index (Phi) is 8.81. The van der Waals surface area contributed by atoms with Crippen LogP contribution in [0.4, 0.5) is 14.5 Å². The molecule has 1 amide bonds. The van der Waals surface area contributed by atoms with Crippen LogP contribution in [0.25, 0.3) is 0 Å². The summed E-state index contributed by atoms with van der Waals surface area (Å²) in [6.07, 6.45) is -5.96. The number of nitrogens with zero attached hydrogens (tertiary/aromatic N) is 1. The van der Waals surface area contributed by atoms with Crippen LogP contribution in [0.5, 0.6) is 11.5 Å². The average Bonchev–Trinajstić information content (AvgIpc) is 2.98. The van der Waals surface area contributed by atoms with E-state index in [9.17, 15) is 34.0 Å². The summed E-state index contributed by atoms with van der Waals surface area (Å²) in [7, 11) is 0. The molecule has 5 rings (SSSR count). The SMILES string of the molecule is O=C1C(CCOc2ccc(F)cc2)C(c2ccc(OC[C@H]3O[C@H](CO)[C@@H](O)[C@H](O)[C@H]3O)cc2)N1c1ccc(F)cc1. The minimum atomic E-state index is -1.49. The van der Waals surface area contributed by atoms with Crippen LogP contribution in [-0.4, -0.2) is 76.7 Å². The van der Waals surface area contributed by atoms with Crippen LogP contribution >= 0.6 is 0 Å². The molecule has 2 unspecified atom stereocenters. The second-order valence-electron chi connectivity index (χ2n) is 10.1. The molecule has 11 heteroatoms. The van der Waals surface area contributed by atoms with E-state index in [1.807, 2.05) is 0 Å². The zero-order chi connectivity index (χ0) is 29.1. The number of β-lactam (4-membered cyclic amide) rings is 1. The van der Waals surface area contributed by atoms with E-state index in [4.69, 9.17) is 14.2 Å². The van der Waals surface area contributed by atoms with Crippen LogP contribution in [0.15, 0.2) is 72.8 Å². The maximum absolute atomic E-state index is 13.6. The lowest BCUT2D eigenvalue weighted by molar-refractivity contribution is -0.234. The number of aliphatic hydroxyl groups is 4. The number of aliphatic hydroxyl groups excluding tert-OH is 4. The molecule has 2 aliphatic rings. The number of carbonyl (C=O) groups excluding carboxylic acids is 1. The molecule has 4 N–H and O–H groups in total. The number of ether oxygens (including phenoxy) is 3. The van der Waals surface area contributed by atoms with Gasteiger partial charge in [-0.15, -0.1) is 0 Å². The van der Waals surface area contributed by atoms with Gasteiger partial charge in [-0.2, -0.15) is 0 Å². The Bertz CT molecular complexity index is 1310. The first kappa shape index (κ1) is 28.9. The summed E-state index contributed by atoms with van der Waals surface area (Å²) in [6, 6.07) is 17.9. The fraction of sp³-hybridized carbons (Fsp3) is 0.367. The standard InChI is InChI=1S/C30H31F2NO8/c31-18-3-7-20(8-4-18)33-26(23(30(33)38)13-14-39-21-11-5-19(32)6-12-21)17-1-9-22(10-2-17)40-16-25-28(36)29(37)27(35)24(15-34)41-25/h1-12,23-29,34-37H,13-16H2/t23?,24-,25-,26?,27-,28+,29+/m1/s1. The monoisotopic (exact) mass is 571 g/mol. The Labute approximate surface area is 235 Å². The number of amides is 1. The zero-order valence-electron chi connectivity index (χ0n) is 21.9. The van der Waals surface area contributed by atoms with Crippen molar-refractivity contribution in [2.75, 3.05) is 24.7 Å². The molecule has 2 aliphatic heterocycles. The van der Waals surface area contributed by atoms with Crippen LogP contribution in [-0.2, 0) is 9.53 Å². The van der Waals surface area contributed by atoms with Crippen LogP contribution in [0.2, 0.25) is 0 Å². The maximum Gasteiger partial charge on any atom is 0.233 e. The lowest BCUT2D eigenvalue weighted by atomic mass is 9.80. The highest BCUT2D eigenvalue weighted by Gasteiger charge is 2.48. The predicted octanol–water partition coefficient (Wildman–Crippen LogP) is 2.36. The van der Waals surface area contributed by atoms with Crippen molar-refractivity contribution in [3.05, 3.63) is 90.0 Å². The molecular formula is C30H31F2NO8. The van der Waals surface area contributed by atoms with Gasteiger partial charge in [0.05, 0.1) is 25.2 Å². The Morgan fingerprint density at radius 2 is 1.32 bits per heavy atom. The maximum atomic E-state index is 13.6. The van der Waals surface area contributed by atoms with Crippen molar-refractivity contribution in [2.45, 2.75) is 43.0 Å². The largest absolute Gasteiger partial charge is 0.494 e. The second kappa shape index (κ2) is 12.5. The van der Waals surface area contributed by atoms with Crippen molar-refractivity contribution in [3.63, 3.8) is 0 Å². The molecule has 0 bridgehead atoms. The van der Waals surface area contributed by atoms with Gasteiger partial charge in [-0.25, -0.2) is 8.78 Å². The van der Waals surface area contributed by atoms with Crippen molar-refractivity contribution in [2.24, 2.45) is 5.92 Å². The van der Waals surface area contributed by atoms with Gasteiger partial charge in [0.2, 0.25) is 5.91 Å². The number of rotatable bonds is 10. The summed E-state index contributed by atoms with van der Waals surface area (Å²) in [4.78, 5) is 14.8. The van der Waals surface area contributed by atoms with Gasteiger partial charge < -0.3 is 39.5 Å². The second-order valence-corrected chi connectivity index (χ2v) is 10.1. The predicted molar refractivity (Wildman–Crippen MR) is 142 cm³/mol. The van der Waals surface area contributed by atoms with Crippen LogP contribution < -0.4 is 14.4 Å².